The van der Waals surface area contributed by atoms with Crippen LogP contribution in [0, 0.1) is 0 Å². The molecule has 0 fully saturated rings. The van der Waals surface area contributed by atoms with Crippen LogP contribution >= 0.6 is 0 Å². The fraction of sp³-hybridized carbons (Fsp3) is 0.0741. The minimum absolute atomic E-state index is 0.121. The second-order valence-electron chi connectivity index (χ2n) is 8.47. The Morgan fingerprint density at radius 1 is 0.941 bits per heavy atom. The van der Waals surface area contributed by atoms with Crippen molar-refractivity contribution in [3.8, 4) is 28.3 Å². The number of hydrogen-bond acceptors (Lipinski definition) is 5. The molecule has 7 rings (SSSR count). The predicted octanol–water partition coefficient (Wildman–Crippen LogP) is 5.17. The highest BCUT2D eigenvalue weighted by Crippen LogP contribution is 2.47. The SMILES string of the molecule is Cn1cc(ONC2c3ccccc3-c3c(-c4nc5ccncc5[nH]4)cccc32)c2cccnc21. The number of nitrogens with one attached hydrogen (secondary N) is 2. The van der Waals surface area contributed by atoms with Crippen LogP contribution in [0.4, 0.5) is 0 Å². The number of aromatic nitrogens is 5. The first-order chi connectivity index (χ1) is 16.8. The number of hydroxylamine groups is 1. The van der Waals surface area contributed by atoms with E-state index in [2.05, 4.69) is 62.9 Å². The van der Waals surface area contributed by atoms with E-state index in [1.165, 1.54) is 11.1 Å². The lowest BCUT2D eigenvalue weighted by atomic mass is 9.99. The molecule has 1 aliphatic rings. The number of nitrogens with zero attached hydrogens (tertiary/aromatic N) is 4. The zero-order valence-corrected chi connectivity index (χ0v) is 18.4. The zero-order chi connectivity index (χ0) is 22.6. The molecule has 164 valence electrons. The van der Waals surface area contributed by atoms with Gasteiger partial charge in [0.05, 0.1) is 34.9 Å². The Kier molecular flexibility index (Phi) is 4.06. The number of imidazole rings is 1. The summed E-state index contributed by atoms with van der Waals surface area (Å²) in [7, 11) is 1.97. The number of aryl methyl sites for hydroxylation is 1. The fourth-order valence-corrected chi connectivity index (χ4v) is 4.94. The van der Waals surface area contributed by atoms with Crippen LogP contribution in [0.5, 0.6) is 5.75 Å². The summed E-state index contributed by atoms with van der Waals surface area (Å²) in [5, 5.41) is 0.966. The van der Waals surface area contributed by atoms with E-state index in [9.17, 15) is 0 Å². The lowest BCUT2D eigenvalue weighted by Gasteiger charge is -2.16. The van der Waals surface area contributed by atoms with E-state index in [0.29, 0.717) is 0 Å². The highest BCUT2D eigenvalue weighted by atomic mass is 16.6. The predicted molar refractivity (Wildman–Crippen MR) is 131 cm³/mol. The van der Waals surface area contributed by atoms with Gasteiger partial charge < -0.3 is 14.4 Å². The van der Waals surface area contributed by atoms with Crippen molar-refractivity contribution < 1.29 is 4.84 Å². The van der Waals surface area contributed by atoms with Crippen molar-refractivity contribution in [3.05, 3.63) is 96.6 Å². The highest BCUT2D eigenvalue weighted by Gasteiger charge is 2.32. The van der Waals surface area contributed by atoms with E-state index in [0.717, 1.165) is 50.3 Å². The monoisotopic (exact) mass is 444 g/mol. The molecule has 1 aliphatic carbocycles. The number of rotatable bonds is 4. The summed E-state index contributed by atoms with van der Waals surface area (Å²) in [6, 6.07) is 20.5. The molecule has 0 saturated heterocycles. The molecular weight excluding hydrogens is 424 g/mol. The van der Waals surface area contributed by atoms with Gasteiger partial charge in [-0.1, -0.05) is 42.5 Å². The van der Waals surface area contributed by atoms with E-state index < -0.39 is 0 Å². The third-order valence-corrected chi connectivity index (χ3v) is 6.47. The highest BCUT2D eigenvalue weighted by molar-refractivity contribution is 5.91. The molecule has 0 spiro atoms. The van der Waals surface area contributed by atoms with Gasteiger partial charge in [0, 0.05) is 25.0 Å². The molecule has 0 aliphatic heterocycles. The molecule has 0 amide bonds. The minimum atomic E-state index is -0.121. The molecule has 6 aromatic rings. The molecular formula is C27H20N6O. The fourth-order valence-electron chi connectivity index (χ4n) is 4.94. The summed E-state index contributed by atoms with van der Waals surface area (Å²) < 4.78 is 1.97. The van der Waals surface area contributed by atoms with Crippen LogP contribution in [0.25, 0.3) is 44.6 Å². The van der Waals surface area contributed by atoms with Gasteiger partial charge in [0.25, 0.3) is 0 Å². The van der Waals surface area contributed by atoms with Crippen molar-refractivity contribution in [2.45, 2.75) is 6.04 Å². The van der Waals surface area contributed by atoms with E-state index in [4.69, 9.17) is 9.82 Å². The molecule has 4 heterocycles. The minimum Gasteiger partial charge on any atom is -0.405 e. The molecule has 1 unspecified atom stereocenters. The second-order valence-corrected chi connectivity index (χ2v) is 8.47. The van der Waals surface area contributed by atoms with E-state index in [1.807, 2.05) is 36.0 Å². The maximum Gasteiger partial charge on any atom is 0.174 e. The van der Waals surface area contributed by atoms with Gasteiger partial charge in [-0.15, -0.1) is 5.48 Å². The first-order valence-corrected chi connectivity index (χ1v) is 11.1. The Balaban J connectivity index is 1.33. The Morgan fingerprint density at radius 2 is 1.82 bits per heavy atom. The summed E-state index contributed by atoms with van der Waals surface area (Å²) in [6.07, 6.45) is 7.31. The summed E-state index contributed by atoms with van der Waals surface area (Å²) in [5.41, 5.74) is 11.7. The lowest BCUT2D eigenvalue weighted by molar-refractivity contribution is 0.174. The van der Waals surface area contributed by atoms with Crippen LogP contribution in [0.15, 0.2) is 85.5 Å². The number of hydrogen-bond donors (Lipinski definition) is 2. The van der Waals surface area contributed by atoms with Crippen molar-refractivity contribution >= 4 is 22.1 Å². The first-order valence-electron chi connectivity index (χ1n) is 11.1. The van der Waals surface area contributed by atoms with Crippen molar-refractivity contribution in [3.63, 3.8) is 0 Å². The number of fused-ring (bicyclic) bond motifs is 5. The van der Waals surface area contributed by atoms with Gasteiger partial charge in [0.15, 0.2) is 5.75 Å². The molecule has 2 aromatic carbocycles. The van der Waals surface area contributed by atoms with Crippen molar-refractivity contribution in [2.24, 2.45) is 7.05 Å². The van der Waals surface area contributed by atoms with Crippen LogP contribution in [0.1, 0.15) is 17.2 Å². The molecule has 7 heteroatoms. The molecule has 0 saturated carbocycles. The number of benzene rings is 2. The number of aromatic amines is 1. The summed E-state index contributed by atoms with van der Waals surface area (Å²) in [4.78, 5) is 23.1. The van der Waals surface area contributed by atoms with Gasteiger partial charge in [-0.3, -0.25) is 4.98 Å². The van der Waals surface area contributed by atoms with E-state index in [1.54, 1.807) is 18.6 Å². The van der Waals surface area contributed by atoms with Crippen LogP contribution in [-0.4, -0.2) is 24.5 Å². The van der Waals surface area contributed by atoms with E-state index in [-0.39, 0.29) is 6.04 Å². The molecule has 4 aromatic heterocycles. The van der Waals surface area contributed by atoms with Gasteiger partial charge in [-0.05, 0) is 40.5 Å². The van der Waals surface area contributed by atoms with Crippen molar-refractivity contribution in [2.75, 3.05) is 0 Å². The van der Waals surface area contributed by atoms with Gasteiger partial charge in [0.2, 0.25) is 0 Å². The zero-order valence-electron chi connectivity index (χ0n) is 18.4. The maximum atomic E-state index is 6.19. The molecule has 2 N–H and O–H groups in total. The first kappa shape index (κ1) is 19.0. The molecule has 1 atom stereocenters. The number of H-pyrrole nitrogens is 1. The van der Waals surface area contributed by atoms with Crippen molar-refractivity contribution in [1.82, 2.24) is 30.0 Å². The van der Waals surface area contributed by atoms with Crippen molar-refractivity contribution in [1.29, 1.82) is 0 Å². The Morgan fingerprint density at radius 3 is 2.76 bits per heavy atom. The molecule has 0 radical (unpaired) electrons. The largest absolute Gasteiger partial charge is 0.405 e. The molecule has 7 nitrogen and oxygen atoms in total. The standard InChI is InChI=1S/C27H20N6O/c1-33-15-23(18-10-5-12-29-27(18)33)34-32-25-17-7-3-2-6-16(17)24-19(25)8-4-9-20(24)26-30-21-11-13-28-14-22(21)31-26/h2-15,25,32H,1H3,(H,30,31). The summed E-state index contributed by atoms with van der Waals surface area (Å²) >= 11 is 0. The molecule has 0 bridgehead atoms. The molecule has 34 heavy (non-hydrogen) atoms. The normalized spacial score (nSPS) is 14.4. The third kappa shape index (κ3) is 2.77. The topological polar surface area (TPSA) is 80.6 Å². The Hall–Kier alpha value is -4.49. The van der Waals surface area contributed by atoms with Crippen LogP contribution in [0.3, 0.4) is 0 Å². The number of pyridine rings is 2. The van der Waals surface area contributed by atoms with Gasteiger partial charge >= 0.3 is 0 Å². The van der Waals surface area contributed by atoms with Gasteiger partial charge in [-0.2, -0.15) is 0 Å². The van der Waals surface area contributed by atoms with Crippen LogP contribution < -0.4 is 10.3 Å². The smallest absolute Gasteiger partial charge is 0.174 e. The van der Waals surface area contributed by atoms with Crippen LogP contribution in [-0.2, 0) is 7.05 Å². The van der Waals surface area contributed by atoms with E-state index >= 15 is 0 Å². The van der Waals surface area contributed by atoms with Gasteiger partial charge in [-0.25, -0.2) is 9.97 Å². The average Bonchev–Trinajstić information content (AvgIpc) is 3.55. The third-order valence-electron chi connectivity index (χ3n) is 6.47. The summed E-state index contributed by atoms with van der Waals surface area (Å²) in [5.74, 6) is 1.58. The lowest BCUT2D eigenvalue weighted by Crippen LogP contribution is -2.24. The van der Waals surface area contributed by atoms with Gasteiger partial charge in [0.1, 0.15) is 11.5 Å². The second kappa shape index (κ2) is 7.26. The summed E-state index contributed by atoms with van der Waals surface area (Å²) in [6.45, 7) is 0. The maximum absolute atomic E-state index is 6.19. The van der Waals surface area contributed by atoms with Crippen LogP contribution in [0.2, 0.25) is 0 Å². The average molecular weight is 444 g/mol. The Labute approximate surface area is 195 Å². The Bertz CT molecular complexity index is 1670. The quantitative estimate of drug-likeness (QED) is 0.367.